The third kappa shape index (κ3) is 2.39. The third-order valence-corrected chi connectivity index (χ3v) is 2.87. The van der Waals surface area contributed by atoms with Gasteiger partial charge < -0.3 is 15.2 Å². The highest BCUT2D eigenvalue weighted by molar-refractivity contribution is 5.97. The number of hydrogen-bond acceptors (Lipinski definition) is 3. The molecule has 92 valence electrons. The third-order valence-electron chi connectivity index (χ3n) is 2.87. The monoisotopic (exact) mass is 239 g/mol. The number of carbonyl (C=O) groups is 1. The van der Waals surface area contributed by atoms with E-state index < -0.39 is 11.7 Å². The van der Waals surface area contributed by atoms with E-state index in [1.807, 2.05) is 0 Å². The minimum atomic E-state index is -0.610. The lowest BCUT2D eigenvalue weighted by Gasteiger charge is -2.32. The summed E-state index contributed by atoms with van der Waals surface area (Å²) in [6, 6.07) is 4.15. The Balaban J connectivity index is 2.13. The number of ether oxygens (including phenoxy) is 1. The molecule has 0 aromatic heterocycles. The average molecular weight is 239 g/mol. The van der Waals surface area contributed by atoms with E-state index in [2.05, 4.69) is 5.32 Å². The van der Waals surface area contributed by atoms with E-state index in [1.165, 1.54) is 25.3 Å². The molecule has 2 N–H and O–H groups in total. The van der Waals surface area contributed by atoms with Crippen molar-refractivity contribution < 1.29 is 19.0 Å². The Labute approximate surface area is 98.4 Å². The van der Waals surface area contributed by atoms with Crippen LogP contribution in [-0.4, -0.2) is 30.3 Å². The zero-order valence-electron chi connectivity index (χ0n) is 9.44. The SMILES string of the molecule is COc1cccc(F)c1C(=O)NC1CC(O)C1. The number of aliphatic hydroxyl groups is 1. The van der Waals surface area contributed by atoms with Gasteiger partial charge in [0.1, 0.15) is 17.1 Å². The standard InChI is InChI=1S/C12H14FNO3/c1-17-10-4-2-3-9(13)11(10)12(16)14-7-5-8(15)6-7/h2-4,7-8,15H,5-6H2,1H3,(H,14,16). The van der Waals surface area contributed by atoms with Crippen LogP contribution in [0.15, 0.2) is 18.2 Å². The molecule has 17 heavy (non-hydrogen) atoms. The van der Waals surface area contributed by atoms with Crippen LogP contribution in [0.3, 0.4) is 0 Å². The van der Waals surface area contributed by atoms with Crippen LogP contribution in [0, 0.1) is 5.82 Å². The van der Waals surface area contributed by atoms with E-state index in [1.54, 1.807) is 0 Å². The molecule has 0 saturated heterocycles. The summed E-state index contributed by atoms with van der Waals surface area (Å²) in [4.78, 5) is 11.8. The summed E-state index contributed by atoms with van der Waals surface area (Å²) >= 11 is 0. The lowest BCUT2D eigenvalue weighted by molar-refractivity contribution is 0.0560. The second kappa shape index (κ2) is 4.71. The maximum Gasteiger partial charge on any atom is 0.258 e. The van der Waals surface area contributed by atoms with Crippen molar-refractivity contribution in [1.29, 1.82) is 0 Å². The molecule has 0 aliphatic heterocycles. The zero-order chi connectivity index (χ0) is 12.4. The number of hydrogen-bond donors (Lipinski definition) is 2. The molecule has 0 unspecified atom stereocenters. The Morgan fingerprint density at radius 2 is 2.24 bits per heavy atom. The van der Waals surface area contributed by atoms with E-state index in [0.29, 0.717) is 12.8 Å². The van der Waals surface area contributed by atoms with Crippen molar-refractivity contribution in [2.45, 2.75) is 25.0 Å². The van der Waals surface area contributed by atoms with Gasteiger partial charge >= 0.3 is 0 Å². The highest BCUT2D eigenvalue weighted by atomic mass is 19.1. The van der Waals surface area contributed by atoms with Gasteiger partial charge in [-0.1, -0.05) is 6.07 Å². The van der Waals surface area contributed by atoms with Crippen LogP contribution in [0.25, 0.3) is 0 Å². The predicted molar refractivity (Wildman–Crippen MR) is 59.4 cm³/mol. The first-order valence-electron chi connectivity index (χ1n) is 5.43. The van der Waals surface area contributed by atoms with Gasteiger partial charge in [0.2, 0.25) is 0 Å². The fourth-order valence-corrected chi connectivity index (χ4v) is 1.86. The molecule has 1 saturated carbocycles. The first-order chi connectivity index (χ1) is 8.11. The highest BCUT2D eigenvalue weighted by Crippen LogP contribution is 2.24. The van der Waals surface area contributed by atoms with Crippen molar-refractivity contribution in [2.75, 3.05) is 7.11 Å². The molecule has 0 radical (unpaired) electrons. The first kappa shape index (κ1) is 11.9. The van der Waals surface area contributed by atoms with Crippen molar-refractivity contribution in [2.24, 2.45) is 0 Å². The van der Waals surface area contributed by atoms with Gasteiger partial charge in [0.25, 0.3) is 5.91 Å². The molecular formula is C12H14FNO3. The van der Waals surface area contributed by atoms with Gasteiger partial charge in [-0.25, -0.2) is 4.39 Å². The van der Waals surface area contributed by atoms with E-state index >= 15 is 0 Å². The van der Waals surface area contributed by atoms with Crippen LogP contribution in [0.1, 0.15) is 23.2 Å². The Bertz CT molecular complexity index is 430. The molecule has 0 heterocycles. The van der Waals surface area contributed by atoms with Crippen molar-refractivity contribution >= 4 is 5.91 Å². The van der Waals surface area contributed by atoms with E-state index in [-0.39, 0.29) is 23.5 Å². The molecule has 1 aliphatic carbocycles. The molecule has 0 bridgehead atoms. The topological polar surface area (TPSA) is 58.6 Å². The number of methoxy groups -OCH3 is 1. The fourth-order valence-electron chi connectivity index (χ4n) is 1.86. The Hall–Kier alpha value is -1.62. The molecule has 1 amide bonds. The molecule has 0 spiro atoms. The molecule has 5 heteroatoms. The summed E-state index contributed by atoms with van der Waals surface area (Å²) in [6.45, 7) is 0. The number of rotatable bonds is 3. The number of carbonyl (C=O) groups excluding carboxylic acids is 1. The van der Waals surface area contributed by atoms with Crippen LogP contribution in [-0.2, 0) is 0 Å². The first-order valence-corrected chi connectivity index (χ1v) is 5.43. The molecule has 2 rings (SSSR count). The van der Waals surface area contributed by atoms with Gasteiger partial charge in [0, 0.05) is 6.04 Å². The zero-order valence-corrected chi connectivity index (χ0v) is 9.44. The van der Waals surface area contributed by atoms with Crippen LogP contribution in [0.2, 0.25) is 0 Å². The van der Waals surface area contributed by atoms with Gasteiger partial charge in [0.15, 0.2) is 0 Å². The lowest BCUT2D eigenvalue weighted by Crippen LogP contribution is -2.47. The number of amides is 1. The largest absolute Gasteiger partial charge is 0.496 e. The second-order valence-corrected chi connectivity index (χ2v) is 4.11. The maximum atomic E-state index is 13.5. The minimum absolute atomic E-state index is 0.0817. The van der Waals surface area contributed by atoms with Crippen molar-refractivity contribution in [3.05, 3.63) is 29.6 Å². The average Bonchev–Trinajstić information content (AvgIpc) is 2.26. The van der Waals surface area contributed by atoms with Crippen LogP contribution >= 0.6 is 0 Å². The molecule has 1 aliphatic rings. The van der Waals surface area contributed by atoms with Gasteiger partial charge in [-0.3, -0.25) is 4.79 Å². The highest BCUT2D eigenvalue weighted by Gasteiger charge is 2.30. The summed E-state index contributed by atoms with van der Waals surface area (Å²) in [5, 5.41) is 11.8. The molecule has 1 fully saturated rings. The number of nitrogens with one attached hydrogen (secondary N) is 1. The Kier molecular flexibility index (Phi) is 3.28. The Morgan fingerprint density at radius 3 is 2.82 bits per heavy atom. The molecule has 0 atom stereocenters. The molecule has 1 aromatic rings. The van der Waals surface area contributed by atoms with Crippen LogP contribution < -0.4 is 10.1 Å². The van der Waals surface area contributed by atoms with Gasteiger partial charge in [0.05, 0.1) is 13.2 Å². The number of aliphatic hydroxyl groups excluding tert-OH is 1. The summed E-state index contributed by atoms with van der Waals surface area (Å²) in [7, 11) is 1.39. The summed E-state index contributed by atoms with van der Waals surface area (Å²) in [6.07, 6.45) is 0.674. The van der Waals surface area contributed by atoms with Crippen molar-refractivity contribution in [1.82, 2.24) is 5.32 Å². The quantitative estimate of drug-likeness (QED) is 0.830. The summed E-state index contributed by atoms with van der Waals surface area (Å²) in [5.74, 6) is -0.902. The van der Waals surface area contributed by atoms with Crippen molar-refractivity contribution in [3.63, 3.8) is 0 Å². The van der Waals surface area contributed by atoms with Gasteiger partial charge in [-0.2, -0.15) is 0 Å². The smallest absolute Gasteiger partial charge is 0.258 e. The molecule has 1 aromatic carbocycles. The lowest BCUT2D eigenvalue weighted by atomic mass is 9.89. The van der Waals surface area contributed by atoms with Gasteiger partial charge in [-0.15, -0.1) is 0 Å². The van der Waals surface area contributed by atoms with Crippen LogP contribution in [0.5, 0.6) is 5.75 Å². The van der Waals surface area contributed by atoms with E-state index in [4.69, 9.17) is 9.84 Å². The molecule has 4 nitrogen and oxygen atoms in total. The van der Waals surface area contributed by atoms with Gasteiger partial charge in [-0.05, 0) is 25.0 Å². The fraction of sp³-hybridized carbons (Fsp3) is 0.417. The number of halogens is 1. The second-order valence-electron chi connectivity index (χ2n) is 4.11. The predicted octanol–water partition coefficient (Wildman–Crippen LogP) is 1.09. The maximum absolute atomic E-state index is 13.5. The summed E-state index contributed by atoms with van der Waals surface area (Å²) < 4.78 is 18.5. The van der Waals surface area contributed by atoms with E-state index in [9.17, 15) is 9.18 Å². The number of benzene rings is 1. The van der Waals surface area contributed by atoms with Crippen LogP contribution in [0.4, 0.5) is 4.39 Å². The molecular weight excluding hydrogens is 225 g/mol. The summed E-state index contributed by atoms with van der Waals surface area (Å²) in [5.41, 5.74) is -0.0867. The Morgan fingerprint density at radius 1 is 1.53 bits per heavy atom. The minimum Gasteiger partial charge on any atom is -0.496 e. The van der Waals surface area contributed by atoms with Crippen molar-refractivity contribution in [3.8, 4) is 5.75 Å². The van der Waals surface area contributed by atoms with E-state index in [0.717, 1.165) is 0 Å². The normalized spacial score (nSPS) is 22.8.